The van der Waals surface area contributed by atoms with E-state index in [4.69, 9.17) is 5.26 Å². The molecule has 1 aromatic rings. The van der Waals surface area contributed by atoms with Crippen LogP contribution in [0.4, 0.5) is 0 Å². The predicted octanol–water partition coefficient (Wildman–Crippen LogP) is 1.97. The molecule has 1 aliphatic rings. The Morgan fingerprint density at radius 2 is 1.89 bits per heavy atom. The summed E-state index contributed by atoms with van der Waals surface area (Å²) in [6.07, 6.45) is 1.19. The topological polar surface area (TPSA) is 75.0 Å². The van der Waals surface area contributed by atoms with Crippen molar-refractivity contribution in [2.75, 3.05) is 5.75 Å². The summed E-state index contributed by atoms with van der Waals surface area (Å²) in [5.74, 6) is -0.173. The zero-order chi connectivity index (χ0) is 13.4. The monoisotopic (exact) mass is 263 g/mol. The summed E-state index contributed by atoms with van der Waals surface area (Å²) < 4.78 is 23.2. The summed E-state index contributed by atoms with van der Waals surface area (Å²) in [7, 11) is -3.24. The van der Waals surface area contributed by atoms with Gasteiger partial charge in [-0.25, -0.2) is 8.42 Å². The van der Waals surface area contributed by atoms with Crippen molar-refractivity contribution in [1.82, 2.24) is 0 Å². The number of benzene rings is 1. The average Bonchev–Trinajstić information content (AvgIpc) is 3.19. The molecule has 0 saturated heterocycles. The van der Waals surface area contributed by atoms with Crippen LogP contribution in [0.3, 0.4) is 0 Å². The van der Waals surface area contributed by atoms with E-state index in [0.717, 1.165) is 0 Å². The molecule has 4 nitrogen and oxygen atoms in total. The molecular formula is C13H13NO3S. The summed E-state index contributed by atoms with van der Waals surface area (Å²) >= 11 is 0. The number of hydrogen-bond donors (Lipinski definition) is 0. The fraction of sp³-hybridized carbons (Fsp3) is 0.385. The highest BCUT2D eigenvalue weighted by Crippen LogP contribution is 2.47. The first-order chi connectivity index (χ1) is 8.45. The number of sulfone groups is 1. The minimum Gasteiger partial charge on any atom is -0.292 e. The fourth-order valence-electron chi connectivity index (χ4n) is 1.77. The summed E-state index contributed by atoms with van der Waals surface area (Å²) in [6, 6.07) is 7.88. The SMILES string of the molecule is CCS(=O)(=O)c1ccc(C(=O)C2(C#N)CC2)cc1. The number of hydrogen-bond acceptors (Lipinski definition) is 4. The van der Waals surface area contributed by atoms with Gasteiger partial charge in [0.1, 0.15) is 5.41 Å². The van der Waals surface area contributed by atoms with E-state index in [-0.39, 0.29) is 16.4 Å². The van der Waals surface area contributed by atoms with Gasteiger partial charge in [0.15, 0.2) is 15.6 Å². The molecule has 1 aliphatic carbocycles. The Kier molecular flexibility index (Phi) is 2.99. The molecule has 18 heavy (non-hydrogen) atoms. The first-order valence-electron chi connectivity index (χ1n) is 5.74. The van der Waals surface area contributed by atoms with Crippen molar-refractivity contribution in [2.45, 2.75) is 24.7 Å². The van der Waals surface area contributed by atoms with Gasteiger partial charge in [0.25, 0.3) is 0 Å². The number of carbonyl (C=O) groups excluding carboxylic acids is 1. The second kappa shape index (κ2) is 4.21. The standard InChI is InChI=1S/C13H13NO3S/c1-2-18(16,17)11-5-3-10(4-6-11)12(15)13(9-14)7-8-13/h3-6H,2,7-8H2,1H3. The van der Waals surface area contributed by atoms with Crippen molar-refractivity contribution in [2.24, 2.45) is 5.41 Å². The van der Waals surface area contributed by atoms with Gasteiger partial charge < -0.3 is 0 Å². The molecule has 0 unspecified atom stereocenters. The van der Waals surface area contributed by atoms with E-state index < -0.39 is 15.3 Å². The van der Waals surface area contributed by atoms with E-state index in [1.54, 1.807) is 6.92 Å². The van der Waals surface area contributed by atoms with Gasteiger partial charge in [0.2, 0.25) is 0 Å². The Morgan fingerprint density at radius 1 is 1.33 bits per heavy atom. The lowest BCUT2D eigenvalue weighted by atomic mass is 9.96. The highest BCUT2D eigenvalue weighted by molar-refractivity contribution is 7.91. The van der Waals surface area contributed by atoms with Crippen molar-refractivity contribution in [3.8, 4) is 6.07 Å². The Morgan fingerprint density at radius 3 is 2.28 bits per heavy atom. The number of nitriles is 1. The lowest BCUT2D eigenvalue weighted by Crippen LogP contribution is -2.14. The van der Waals surface area contributed by atoms with Gasteiger partial charge in [0, 0.05) is 5.56 Å². The largest absolute Gasteiger partial charge is 0.292 e. The maximum Gasteiger partial charge on any atom is 0.183 e. The Labute approximate surface area is 106 Å². The lowest BCUT2D eigenvalue weighted by molar-refractivity contribution is 0.0934. The first-order valence-corrected chi connectivity index (χ1v) is 7.39. The van der Waals surface area contributed by atoms with Crippen LogP contribution in [0.5, 0.6) is 0 Å². The van der Waals surface area contributed by atoms with Crippen LogP contribution in [-0.2, 0) is 9.84 Å². The van der Waals surface area contributed by atoms with Crippen LogP contribution in [0, 0.1) is 16.7 Å². The molecule has 0 N–H and O–H groups in total. The Hall–Kier alpha value is -1.67. The van der Waals surface area contributed by atoms with Crippen LogP contribution >= 0.6 is 0 Å². The fourth-order valence-corrected chi connectivity index (χ4v) is 2.66. The van der Waals surface area contributed by atoms with Crippen LogP contribution < -0.4 is 0 Å². The van der Waals surface area contributed by atoms with Crippen molar-refractivity contribution in [1.29, 1.82) is 5.26 Å². The molecule has 0 aromatic heterocycles. The molecule has 5 heteroatoms. The molecule has 1 saturated carbocycles. The van der Waals surface area contributed by atoms with Crippen molar-refractivity contribution >= 4 is 15.6 Å². The van der Waals surface area contributed by atoms with Gasteiger partial charge in [-0.1, -0.05) is 19.1 Å². The molecule has 0 spiro atoms. The van der Waals surface area contributed by atoms with E-state index in [2.05, 4.69) is 0 Å². The van der Waals surface area contributed by atoms with Gasteiger partial charge in [-0.2, -0.15) is 5.26 Å². The van der Waals surface area contributed by atoms with Gasteiger partial charge >= 0.3 is 0 Å². The molecule has 0 atom stereocenters. The van der Waals surface area contributed by atoms with E-state index in [1.165, 1.54) is 24.3 Å². The molecule has 94 valence electrons. The lowest BCUT2D eigenvalue weighted by Gasteiger charge is -2.06. The average molecular weight is 263 g/mol. The minimum atomic E-state index is -3.24. The zero-order valence-corrected chi connectivity index (χ0v) is 10.8. The predicted molar refractivity (Wildman–Crippen MR) is 65.8 cm³/mol. The molecule has 0 aliphatic heterocycles. The highest BCUT2D eigenvalue weighted by Gasteiger charge is 2.50. The van der Waals surface area contributed by atoms with Gasteiger partial charge in [-0.05, 0) is 25.0 Å². The number of nitrogens with zero attached hydrogens (tertiary/aromatic N) is 1. The van der Waals surface area contributed by atoms with Crippen molar-refractivity contribution in [3.05, 3.63) is 29.8 Å². The van der Waals surface area contributed by atoms with Gasteiger partial charge in [-0.15, -0.1) is 0 Å². The molecule has 1 fully saturated rings. The summed E-state index contributed by atoms with van der Waals surface area (Å²) in [6.45, 7) is 1.57. The Balaban J connectivity index is 2.30. The second-order valence-corrected chi connectivity index (χ2v) is 6.73. The minimum absolute atomic E-state index is 0.0302. The maximum absolute atomic E-state index is 12.0. The van der Waals surface area contributed by atoms with Gasteiger partial charge in [-0.3, -0.25) is 4.79 Å². The van der Waals surface area contributed by atoms with E-state index >= 15 is 0 Å². The molecule has 2 rings (SSSR count). The van der Waals surface area contributed by atoms with E-state index in [1.807, 2.05) is 6.07 Å². The number of ketones is 1. The molecule has 1 aromatic carbocycles. The van der Waals surface area contributed by atoms with Gasteiger partial charge in [0.05, 0.1) is 16.7 Å². The first kappa shape index (κ1) is 12.8. The van der Waals surface area contributed by atoms with Crippen LogP contribution in [-0.4, -0.2) is 20.0 Å². The number of Topliss-reactive ketones (excluding diaryl/α,β-unsaturated/α-hetero) is 1. The molecule has 0 amide bonds. The molecule has 0 bridgehead atoms. The van der Waals surface area contributed by atoms with E-state index in [0.29, 0.717) is 18.4 Å². The van der Waals surface area contributed by atoms with Crippen LogP contribution in [0.1, 0.15) is 30.1 Å². The summed E-state index contributed by atoms with van der Waals surface area (Å²) in [5, 5.41) is 8.94. The van der Waals surface area contributed by atoms with E-state index in [9.17, 15) is 13.2 Å². The zero-order valence-electron chi connectivity index (χ0n) is 10.0. The molecule has 0 heterocycles. The maximum atomic E-state index is 12.0. The summed E-state index contributed by atoms with van der Waals surface area (Å²) in [4.78, 5) is 12.2. The molecule has 0 radical (unpaired) electrons. The second-order valence-electron chi connectivity index (χ2n) is 4.45. The number of rotatable bonds is 4. The highest BCUT2D eigenvalue weighted by atomic mass is 32.2. The number of carbonyl (C=O) groups is 1. The van der Waals surface area contributed by atoms with Crippen molar-refractivity contribution in [3.63, 3.8) is 0 Å². The third-order valence-electron chi connectivity index (χ3n) is 3.25. The smallest absolute Gasteiger partial charge is 0.183 e. The van der Waals surface area contributed by atoms with Crippen molar-refractivity contribution < 1.29 is 13.2 Å². The Bertz CT molecular complexity index is 619. The third-order valence-corrected chi connectivity index (χ3v) is 5.00. The summed E-state index contributed by atoms with van der Waals surface area (Å²) in [5.41, 5.74) is -0.449. The van der Waals surface area contributed by atoms with Crippen LogP contribution in [0.25, 0.3) is 0 Å². The normalized spacial score (nSPS) is 16.9. The third kappa shape index (κ3) is 2.04. The van der Waals surface area contributed by atoms with Crippen LogP contribution in [0.2, 0.25) is 0 Å². The molecular weight excluding hydrogens is 250 g/mol. The van der Waals surface area contributed by atoms with Crippen LogP contribution in [0.15, 0.2) is 29.2 Å². The quantitative estimate of drug-likeness (QED) is 0.778.